The maximum atomic E-state index is 13.0. The van der Waals surface area contributed by atoms with Crippen molar-refractivity contribution in [1.29, 1.82) is 5.26 Å². The molecule has 1 aromatic carbocycles. The Hall–Kier alpha value is -2.61. The second-order valence-corrected chi connectivity index (χ2v) is 4.33. The summed E-state index contributed by atoms with van der Waals surface area (Å²) in [6.45, 7) is 3.34. The zero-order chi connectivity index (χ0) is 14.7. The minimum Gasteiger partial charge on any atom is -0.447 e. The molecule has 102 valence electrons. The second kappa shape index (κ2) is 5.57. The van der Waals surface area contributed by atoms with Gasteiger partial charge in [-0.25, -0.2) is 9.18 Å². The number of esters is 1. The Kier molecular flexibility index (Phi) is 3.85. The Labute approximate surface area is 116 Å². The van der Waals surface area contributed by atoms with Gasteiger partial charge in [-0.1, -0.05) is 0 Å². The molecule has 20 heavy (non-hydrogen) atoms. The molecule has 0 bridgehead atoms. The van der Waals surface area contributed by atoms with Crippen LogP contribution in [-0.4, -0.2) is 17.1 Å². The molecule has 0 fully saturated rings. The molecule has 1 heterocycles. The minimum atomic E-state index is -0.534. The molecule has 0 amide bonds. The number of aryl methyl sites for hydroxylation is 1. The van der Waals surface area contributed by atoms with Crippen molar-refractivity contribution in [2.75, 3.05) is 6.61 Å². The van der Waals surface area contributed by atoms with Gasteiger partial charge in [0.25, 0.3) is 0 Å². The van der Waals surface area contributed by atoms with Gasteiger partial charge in [-0.3, -0.25) is 0 Å². The van der Waals surface area contributed by atoms with Gasteiger partial charge in [0.1, 0.15) is 11.9 Å². The Bertz CT molecular complexity index is 681. The van der Waals surface area contributed by atoms with Gasteiger partial charge in [0.05, 0.1) is 5.56 Å². The summed E-state index contributed by atoms with van der Waals surface area (Å²) in [7, 11) is 0. The summed E-state index contributed by atoms with van der Waals surface area (Å²) in [5.41, 5.74) is 2.69. The third kappa shape index (κ3) is 2.54. The van der Waals surface area contributed by atoms with Crippen molar-refractivity contribution < 1.29 is 13.9 Å². The van der Waals surface area contributed by atoms with Crippen LogP contribution in [0.5, 0.6) is 0 Å². The molecule has 0 atom stereocenters. The van der Waals surface area contributed by atoms with Gasteiger partial charge in [0.2, 0.25) is 0 Å². The summed E-state index contributed by atoms with van der Waals surface area (Å²) in [4.78, 5) is 11.8. The Morgan fingerprint density at radius 2 is 2.00 bits per heavy atom. The molecular formula is C15H13FN2O2. The van der Waals surface area contributed by atoms with E-state index < -0.39 is 5.97 Å². The number of ether oxygens (including phenoxy) is 1. The molecular weight excluding hydrogens is 259 g/mol. The maximum absolute atomic E-state index is 13.0. The SMILES string of the molecule is Cc1cc(C(=O)OCC#N)c(C)n1-c1ccc(F)cc1. The summed E-state index contributed by atoms with van der Waals surface area (Å²) in [6.07, 6.45) is 0. The van der Waals surface area contributed by atoms with E-state index in [-0.39, 0.29) is 12.4 Å². The quantitative estimate of drug-likeness (QED) is 0.807. The van der Waals surface area contributed by atoms with Crippen LogP contribution < -0.4 is 0 Å². The van der Waals surface area contributed by atoms with E-state index >= 15 is 0 Å². The van der Waals surface area contributed by atoms with Crippen molar-refractivity contribution in [3.05, 3.63) is 53.1 Å². The van der Waals surface area contributed by atoms with Gasteiger partial charge >= 0.3 is 5.97 Å². The smallest absolute Gasteiger partial charge is 0.341 e. The minimum absolute atomic E-state index is 0.279. The fourth-order valence-electron chi connectivity index (χ4n) is 2.13. The Morgan fingerprint density at radius 1 is 1.35 bits per heavy atom. The van der Waals surface area contributed by atoms with E-state index in [0.717, 1.165) is 11.4 Å². The van der Waals surface area contributed by atoms with Gasteiger partial charge in [0.15, 0.2) is 6.61 Å². The number of aromatic nitrogens is 1. The van der Waals surface area contributed by atoms with Gasteiger partial charge < -0.3 is 9.30 Å². The van der Waals surface area contributed by atoms with Crippen LogP contribution >= 0.6 is 0 Å². The molecule has 0 saturated heterocycles. The van der Waals surface area contributed by atoms with Gasteiger partial charge in [-0.05, 0) is 44.2 Å². The summed E-state index contributed by atoms with van der Waals surface area (Å²) in [6, 6.07) is 9.45. The van der Waals surface area contributed by atoms with Crippen LogP contribution in [0.3, 0.4) is 0 Å². The van der Waals surface area contributed by atoms with Crippen LogP contribution in [-0.2, 0) is 4.74 Å². The zero-order valence-corrected chi connectivity index (χ0v) is 11.2. The molecule has 0 radical (unpaired) electrons. The number of benzene rings is 1. The first-order valence-electron chi connectivity index (χ1n) is 6.03. The Morgan fingerprint density at radius 3 is 2.60 bits per heavy atom. The number of halogens is 1. The van der Waals surface area contributed by atoms with Crippen molar-refractivity contribution in [3.8, 4) is 11.8 Å². The number of nitriles is 1. The van der Waals surface area contributed by atoms with Crippen LogP contribution in [0.1, 0.15) is 21.7 Å². The zero-order valence-electron chi connectivity index (χ0n) is 11.2. The maximum Gasteiger partial charge on any atom is 0.341 e. The van der Waals surface area contributed by atoms with Crippen LogP contribution in [0.4, 0.5) is 4.39 Å². The molecule has 0 N–H and O–H groups in total. The van der Waals surface area contributed by atoms with E-state index in [4.69, 9.17) is 10.00 Å². The predicted octanol–water partition coefficient (Wildman–Crippen LogP) is 2.91. The molecule has 2 rings (SSSR count). The number of rotatable bonds is 3. The van der Waals surface area contributed by atoms with Crippen LogP contribution in [0.15, 0.2) is 30.3 Å². The number of carbonyl (C=O) groups is 1. The molecule has 0 unspecified atom stereocenters. The van der Waals surface area contributed by atoms with E-state index in [1.54, 1.807) is 31.2 Å². The molecule has 0 aliphatic rings. The van der Waals surface area contributed by atoms with Crippen molar-refractivity contribution in [2.45, 2.75) is 13.8 Å². The van der Waals surface area contributed by atoms with Gasteiger partial charge in [-0.15, -0.1) is 0 Å². The summed E-state index contributed by atoms with van der Waals surface area (Å²) < 4.78 is 19.6. The van der Waals surface area contributed by atoms with E-state index in [1.165, 1.54) is 12.1 Å². The monoisotopic (exact) mass is 272 g/mol. The lowest BCUT2D eigenvalue weighted by Crippen LogP contribution is -2.07. The molecule has 0 spiro atoms. The number of nitrogens with zero attached hydrogens (tertiary/aromatic N) is 2. The number of hydrogen-bond acceptors (Lipinski definition) is 3. The highest BCUT2D eigenvalue weighted by atomic mass is 19.1. The average molecular weight is 272 g/mol. The van der Waals surface area contributed by atoms with Gasteiger partial charge in [0, 0.05) is 17.1 Å². The van der Waals surface area contributed by atoms with Crippen molar-refractivity contribution in [1.82, 2.24) is 4.57 Å². The first-order valence-corrected chi connectivity index (χ1v) is 6.03. The van der Waals surface area contributed by atoms with E-state index in [1.807, 2.05) is 11.5 Å². The predicted molar refractivity (Wildman–Crippen MR) is 71.1 cm³/mol. The summed E-state index contributed by atoms with van der Waals surface area (Å²) in [5.74, 6) is -0.849. The molecule has 1 aromatic heterocycles. The topological polar surface area (TPSA) is 55.0 Å². The van der Waals surface area contributed by atoms with Crippen LogP contribution in [0.2, 0.25) is 0 Å². The second-order valence-electron chi connectivity index (χ2n) is 4.33. The van der Waals surface area contributed by atoms with Crippen molar-refractivity contribution >= 4 is 5.97 Å². The average Bonchev–Trinajstić information content (AvgIpc) is 2.73. The van der Waals surface area contributed by atoms with E-state index in [0.29, 0.717) is 11.3 Å². The van der Waals surface area contributed by atoms with Crippen LogP contribution in [0.25, 0.3) is 5.69 Å². The van der Waals surface area contributed by atoms with E-state index in [2.05, 4.69) is 0 Å². The number of carbonyl (C=O) groups excluding carboxylic acids is 1. The highest BCUT2D eigenvalue weighted by Crippen LogP contribution is 2.21. The lowest BCUT2D eigenvalue weighted by Gasteiger charge is -2.09. The molecule has 5 heteroatoms. The van der Waals surface area contributed by atoms with Gasteiger partial charge in [-0.2, -0.15) is 5.26 Å². The lowest BCUT2D eigenvalue weighted by molar-refractivity contribution is 0.0554. The fourth-order valence-corrected chi connectivity index (χ4v) is 2.13. The standard InChI is InChI=1S/C15H13FN2O2/c1-10-9-14(15(19)20-8-7-17)11(2)18(10)13-5-3-12(16)4-6-13/h3-6,9H,8H2,1-2H3. The Balaban J connectivity index is 2.41. The molecule has 0 aliphatic heterocycles. The first-order chi connectivity index (χ1) is 9.54. The molecule has 2 aromatic rings. The summed E-state index contributed by atoms with van der Waals surface area (Å²) >= 11 is 0. The molecule has 4 nitrogen and oxygen atoms in total. The van der Waals surface area contributed by atoms with E-state index in [9.17, 15) is 9.18 Å². The van der Waals surface area contributed by atoms with Crippen LogP contribution in [0, 0.1) is 31.0 Å². The summed E-state index contributed by atoms with van der Waals surface area (Å²) in [5, 5.41) is 8.43. The van der Waals surface area contributed by atoms with Crippen molar-refractivity contribution in [3.63, 3.8) is 0 Å². The molecule has 0 aliphatic carbocycles. The number of hydrogen-bond donors (Lipinski definition) is 0. The van der Waals surface area contributed by atoms with Crippen molar-refractivity contribution in [2.24, 2.45) is 0 Å². The lowest BCUT2D eigenvalue weighted by atomic mass is 10.2. The third-order valence-electron chi connectivity index (χ3n) is 3.00. The fraction of sp³-hybridized carbons (Fsp3) is 0.200. The highest BCUT2D eigenvalue weighted by molar-refractivity contribution is 5.91. The normalized spacial score (nSPS) is 10.1. The first kappa shape index (κ1) is 13.8. The largest absolute Gasteiger partial charge is 0.447 e. The molecule has 0 saturated carbocycles. The highest BCUT2D eigenvalue weighted by Gasteiger charge is 2.17. The third-order valence-corrected chi connectivity index (χ3v) is 3.00.